The van der Waals surface area contributed by atoms with Crippen molar-refractivity contribution in [2.45, 2.75) is 0 Å². The predicted molar refractivity (Wildman–Crippen MR) is 53.8 cm³/mol. The Labute approximate surface area is 98.1 Å². The summed E-state index contributed by atoms with van der Waals surface area (Å²) in [5.74, 6) is -7.40. The zero-order valence-electron chi connectivity index (χ0n) is 8.65. The van der Waals surface area contributed by atoms with Gasteiger partial charge in [-0.15, -0.1) is 0 Å². The van der Waals surface area contributed by atoms with Crippen LogP contribution in [-0.2, 0) is 0 Å². The first-order valence-corrected chi connectivity index (χ1v) is 4.71. The van der Waals surface area contributed by atoms with Gasteiger partial charge in [-0.2, -0.15) is 22.5 Å². The summed E-state index contributed by atoms with van der Waals surface area (Å²) in [4.78, 5) is 2.41. The molecule has 94 valence electrons. The molecule has 0 aliphatic rings. The van der Waals surface area contributed by atoms with Gasteiger partial charge in [-0.25, -0.2) is 4.39 Å². The molecule has 7 heteroatoms. The molecule has 0 unspecified atom stereocenters. The normalized spacial score (nSPS) is 10.5. The molecule has 0 bridgehead atoms. The molecule has 2 nitrogen and oxygen atoms in total. The van der Waals surface area contributed by atoms with E-state index in [1.807, 2.05) is 0 Å². The zero-order chi connectivity index (χ0) is 13.3. The van der Waals surface area contributed by atoms with E-state index in [4.69, 9.17) is 0 Å². The maximum absolute atomic E-state index is 13.2. The Kier molecular flexibility index (Phi) is 3.14. The van der Waals surface area contributed by atoms with E-state index in [2.05, 4.69) is 10.3 Å². The van der Waals surface area contributed by atoms with Crippen molar-refractivity contribution in [3.63, 3.8) is 0 Å². The van der Waals surface area contributed by atoms with Crippen molar-refractivity contribution in [2.24, 2.45) is 0 Å². The number of hydrogen-bond acceptors (Lipinski definition) is 2. The lowest BCUT2D eigenvalue weighted by Crippen LogP contribution is -2.06. The van der Waals surface area contributed by atoms with Crippen LogP contribution in [0.5, 0.6) is 0 Å². The number of aromatic nitrogens is 1. The Morgan fingerprint density at radius 2 is 1.28 bits per heavy atom. The number of hydrogen-bond donors (Lipinski definition) is 1. The van der Waals surface area contributed by atoms with Crippen LogP contribution in [0.25, 0.3) is 0 Å². The lowest BCUT2D eigenvalue weighted by molar-refractivity contribution is 0.411. The van der Waals surface area contributed by atoms with E-state index < -0.39 is 35.0 Å². The smallest absolute Gasteiger partial charge is 0.253 e. The number of nitrogens with one attached hydrogen (secondary N) is 1. The van der Waals surface area contributed by atoms with Gasteiger partial charge < -0.3 is 5.32 Å². The van der Waals surface area contributed by atoms with Crippen LogP contribution in [0.4, 0.5) is 33.3 Å². The summed E-state index contributed by atoms with van der Waals surface area (Å²) in [7, 11) is 0. The van der Waals surface area contributed by atoms with E-state index in [0.29, 0.717) is 0 Å². The van der Waals surface area contributed by atoms with E-state index in [9.17, 15) is 22.0 Å². The highest BCUT2D eigenvalue weighted by Crippen LogP contribution is 2.25. The molecule has 1 aromatic heterocycles. The number of halogens is 5. The molecule has 0 atom stereocenters. The van der Waals surface area contributed by atoms with Gasteiger partial charge in [0, 0.05) is 5.69 Å². The average molecular weight is 260 g/mol. The molecular weight excluding hydrogens is 255 g/mol. The molecule has 0 radical (unpaired) electrons. The van der Waals surface area contributed by atoms with Gasteiger partial charge in [0.2, 0.25) is 11.6 Å². The second-order valence-electron chi connectivity index (χ2n) is 3.33. The van der Waals surface area contributed by atoms with Crippen LogP contribution >= 0.6 is 0 Å². The Hall–Kier alpha value is -2.18. The maximum Gasteiger partial charge on any atom is 0.253 e. The van der Waals surface area contributed by atoms with Gasteiger partial charge in [-0.1, -0.05) is 0 Å². The molecule has 1 N–H and O–H groups in total. The Bertz CT molecular complexity index is 557. The topological polar surface area (TPSA) is 24.9 Å². The second-order valence-corrected chi connectivity index (χ2v) is 3.33. The van der Waals surface area contributed by atoms with Crippen LogP contribution in [0.3, 0.4) is 0 Å². The fourth-order valence-corrected chi connectivity index (χ4v) is 1.27. The number of pyridine rings is 1. The molecule has 18 heavy (non-hydrogen) atoms. The van der Waals surface area contributed by atoms with Crippen LogP contribution in [0.1, 0.15) is 0 Å². The fraction of sp³-hybridized carbons (Fsp3) is 0. The van der Waals surface area contributed by atoms with Gasteiger partial charge in [0.25, 0.3) is 11.9 Å². The fourth-order valence-electron chi connectivity index (χ4n) is 1.27. The van der Waals surface area contributed by atoms with Crippen LogP contribution in [-0.4, -0.2) is 4.98 Å². The van der Waals surface area contributed by atoms with Crippen molar-refractivity contribution in [1.29, 1.82) is 0 Å². The minimum atomic E-state index is -1.77. The third-order valence-electron chi connectivity index (χ3n) is 2.11. The van der Waals surface area contributed by atoms with Crippen LogP contribution in [0.15, 0.2) is 24.3 Å². The van der Waals surface area contributed by atoms with Crippen LogP contribution in [0, 0.1) is 29.3 Å². The van der Waals surface area contributed by atoms with Gasteiger partial charge in [0.1, 0.15) is 11.5 Å². The third-order valence-corrected chi connectivity index (χ3v) is 2.11. The minimum absolute atomic E-state index is 0.0687. The lowest BCUT2D eigenvalue weighted by Gasteiger charge is -2.09. The Morgan fingerprint density at radius 1 is 0.778 bits per heavy atom. The minimum Gasteiger partial charge on any atom is -0.350 e. The number of anilines is 2. The highest BCUT2D eigenvalue weighted by atomic mass is 19.2. The summed E-state index contributed by atoms with van der Waals surface area (Å²) in [6, 6.07) is 4.35. The number of benzene rings is 1. The van der Waals surface area contributed by atoms with Crippen molar-refractivity contribution >= 4 is 11.4 Å². The van der Waals surface area contributed by atoms with Crippen molar-refractivity contribution in [3.05, 3.63) is 53.6 Å². The molecule has 0 amide bonds. The molecular formula is C11H5F5N2. The summed E-state index contributed by atoms with van der Waals surface area (Å²) in [5.41, 5.74) is -0.953. The van der Waals surface area contributed by atoms with Gasteiger partial charge in [-0.3, -0.25) is 0 Å². The molecule has 1 heterocycles. The van der Waals surface area contributed by atoms with E-state index in [0.717, 1.165) is 24.3 Å². The molecule has 0 fully saturated rings. The lowest BCUT2D eigenvalue weighted by atomic mass is 10.3. The van der Waals surface area contributed by atoms with E-state index in [1.165, 1.54) is 0 Å². The molecule has 2 aromatic rings. The predicted octanol–water partition coefficient (Wildman–Crippen LogP) is 3.52. The van der Waals surface area contributed by atoms with Crippen molar-refractivity contribution < 1.29 is 22.0 Å². The maximum atomic E-state index is 13.2. The summed E-state index contributed by atoms with van der Waals surface area (Å²) >= 11 is 0. The zero-order valence-corrected chi connectivity index (χ0v) is 8.65. The Balaban J connectivity index is 2.42. The molecule has 2 rings (SSSR count). The molecule has 0 spiro atoms. The molecule has 0 aliphatic heterocycles. The second kappa shape index (κ2) is 4.59. The highest BCUT2D eigenvalue weighted by molar-refractivity contribution is 5.60. The van der Waals surface area contributed by atoms with Gasteiger partial charge >= 0.3 is 0 Å². The standard InChI is InChI=1S/C11H5F5N2/c12-5-1-3-6(4-2-5)17-9-7(13)10(15)18-11(16)8(9)14/h1-4H,(H,17,18). The SMILES string of the molecule is Fc1ccc(Nc2c(F)c(F)nc(F)c2F)cc1. The first-order chi connectivity index (χ1) is 8.49. The average Bonchev–Trinajstić information content (AvgIpc) is 2.34. The third kappa shape index (κ3) is 2.24. The van der Waals surface area contributed by atoms with Crippen molar-refractivity contribution in [1.82, 2.24) is 4.98 Å². The number of nitrogens with zero attached hydrogens (tertiary/aromatic N) is 1. The highest BCUT2D eigenvalue weighted by Gasteiger charge is 2.20. The molecule has 0 saturated carbocycles. The summed E-state index contributed by atoms with van der Waals surface area (Å²) in [6.45, 7) is 0. The first-order valence-electron chi connectivity index (χ1n) is 4.71. The van der Waals surface area contributed by atoms with Gasteiger partial charge in [-0.05, 0) is 24.3 Å². The quantitative estimate of drug-likeness (QED) is 0.660. The van der Waals surface area contributed by atoms with Crippen molar-refractivity contribution in [3.8, 4) is 0 Å². The molecule has 0 aliphatic carbocycles. The van der Waals surface area contributed by atoms with E-state index in [1.54, 1.807) is 0 Å². The van der Waals surface area contributed by atoms with Crippen molar-refractivity contribution in [2.75, 3.05) is 5.32 Å². The largest absolute Gasteiger partial charge is 0.350 e. The summed E-state index contributed by atoms with van der Waals surface area (Å²) < 4.78 is 64.6. The van der Waals surface area contributed by atoms with E-state index >= 15 is 0 Å². The first kappa shape index (κ1) is 12.3. The monoisotopic (exact) mass is 260 g/mol. The van der Waals surface area contributed by atoms with E-state index in [-0.39, 0.29) is 5.69 Å². The molecule has 0 saturated heterocycles. The Morgan fingerprint density at radius 3 is 1.78 bits per heavy atom. The number of rotatable bonds is 2. The van der Waals surface area contributed by atoms with Crippen LogP contribution < -0.4 is 5.32 Å². The summed E-state index contributed by atoms with van der Waals surface area (Å²) in [5, 5.41) is 2.11. The molecule has 1 aromatic carbocycles. The van der Waals surface area contributed by atoms with Crippen LogP contribution in [0.2, 0.25) is 0 Å². The van der Waals surface area contributed by atoms with Gasteiger partial charge in [0.05, 0.1) is 0 Å². The summed E-state index contributed by atoms with van der Waals surface area (Å²) in [6.07, 6.45) is 0. The van der Waals surface area contributed by atoms with Gasteiger partial charge in [0.15, 0.2) is 0 Å².